The van der Waals surface area contributed by atoms with Gasteiger partial charge in [-0.25, -0.2) is 8.78 Å². The summed E-state index contributed by atoms with van der Waals surface area (Å²) in [5.41, 5.74) is 0.943. The quantitative estimate of drug-likeness (QED) is 0.769. The second-order valence-electron chi connectivity index (χ2n) is 5.85. The Hall–Kier alpha value is -2.63. The van der Waals surface area contributed by atoms with E-state index in [1.165, 1.54) is 0 Å². The lowest BCUT2D eigenvalue weighted by molar-refractivity contribution is -0.136. The second kappa shape index (κ2) is 8.46. The number of ether oxygens (including phenoxy) is 2. The van der Waals surface area contributed by atoms with Crippen LogP contribution < -0.4 is 9.47 Å². The Morgan fingerprint density at radius 2 is 1.80 bits per heavy atom. The van der Waals surface area contributed by atoms with Crippen molar-refractivity contribution in [3.63, 3.8) is 0 Å². The molecule has 134 valence electrons. The van der Waals surface area contributed by atoms with Crippen LogP contribution in [0.1, 0.15) is 31.4 Å². The summed E-state index contributed by atoms with van der Waals surface area (Å²) in [6.45, 7) is 3.71. The number of benzene rings is 2. The number of aryl methyl sites for hydroxylation is 1. The smallest absolute Gasteiger partial charge is 0.303 e. The first kappa shape index (κ1) is 18.7. The highest BCUT2D eigenvalue weighted by atomic mass is 19.1. The van der Waals surface area contributed by atoms with Crippen LogP contribution in [0, 0.1) is 11.6 Å². The number of carbonyl (C=O) groups is 1. The fourth-order valence-electron chi connectivity index (χ4n) is 2.29. The molecule has 0 aliphatic heterocycles. The SMILES string of the molecule is CC(C)Oc1ccccc1COc1c(F)cc(CCC(=O)O)cc1F. The number of hydrogen-bond donors (Lipinski definition) is 1. The summed E-state index contributed by atoms with van der Waals surface area (Å²) in [7, 11) is 0. The van der Waals surface area contributed by atoms with Crippen LogP contribution in [0.15, 0.2) is 36.4 Å². The van der Waals surface area contributed by atoms with Crippen molar-refractivity contribution >= 4 is 5.97 Å². The van der Waals surface area contributed by atoms with Crippen molar-refractivity contribution in [1.29, 1.82) is 0 Å². The third-order valence-corrected chi connectivity index (χ3v) is 3.39. The Morgan fingerprint density at radius 1 is 1.16 bits per heavy atom. The van der Waals surface area contributed by atoms with E-state index in [1.807, 2.05) is 13.8 Å². The van der Waals surface area contributed by atoms with Gasteiger partial charge in [0.05, 0.1) is 6.10 Å². The van der Waals surface area contributed by atoms with Gasteiger partial charge in [-0.15, -0.1) is 0 Å². The van der Waals surface area contributed by atoms with Gasteiger partial charge in [0, 0.05) is 12.0 Å². The number of hydrogen-bond acceptors (Lipinski definition) is 3. The van der Waals surface area contributed by atoms with E-state index in [1.54, 1.807) is 24.3 Å². The molecule has 0 unspecified atom stereocenters. The Morgan fingerprint density at radius 3 is 2.40 bits per heavy atom. The van der Waals surface area contributed by atoms with Crippen molar-refractivity contribution in [1.82, 2.24) is 0 Å². The number of halogens is 2. The minimum absolute atomic E-state index is 0.0388. The first-order chi connectivity index (χ1) is 11.9. The summed E-state index contributed by atoms with van der Waals surface area (Å²) in [5, 5.41) is 8.64. The minimum atomic E-state index is -1.03. The van der Waals surface area contributed by atoms with E-state index in [4.69, 9.17) is 14.6 Å². The van der Waals surface area contributed by atoms with Gasteiger partial charge in [0.15, 0.2) is 17.4 Å². The van der Waals surface area contributed by atoms with E-state index < -0.39 is 23.4 Å². The molecule has 6 heteroatoms. The molecule has 0 spiro atoms. The largest absolute Gasteiger partial charge is 0.491 e. The third kappa shape index (κ3) is 5.45. The van der Waals surface area contributed by atoms with Gasteiger partial charge in [0.2, 0.25) is 0 Å². The summed E-state index contributed by atoms with van der Waals surface area (Å²) < 4.78 is 39.2. The van der Waals surface area contributed by atoms with Crippen molar-refractivity contribution < 1.29 is 28.2 Å². The maximum Gasteiger partial charge on any atom is 0.303 e. The Bertz CT molecular complexity index is 721. The van der Waals surface area contributed by atoms with Crippen LogP contribution in [0.3, 0.4) is 0 Å². The van der Waals surface area contributed by atoms with Gasteiger partial charge in [0.25, 0.3) is 0 Å². The normalized spacial score (nSPS) is 10.8. The van der Waals surface area contributed by atoms with Crippen LogP contribution in [-0.4, -0.2) is 17.2 Å². The molecule has 0 saturated heterocycles. The number of rotatable bonds is 8. The standard InChI is InChI=1S/C19H20F2O4/c1-12(2)25-17-6-4-3-5-14(17)11-24-19-15(20)9-13(10-16(19)21)7-8-18(22)23/h3-6,9-10,12H,7-8,11H2,1-2H3,(H,22,23). The molecular weight excluding hydrogens is 330 g/mol. The van der Waals surface area contributed by atoms with E-state index in [0.717, 1.165) is 12.1 Å². The minimum Gasteiger partial charge on any atom is -0.491 e. The number of carboxylic acids is 1. The predicted molar refractivity (Wildman–Crippen MR) is 88.9 cm³/mol. The first-order valence-corrected chi connectivity index (χ1v) is 7.94. The fourth-order valence-corrected chi connectivity index (χ4v) is 2.29. The molecule has 2 aromatic carbocycles. The van der Waals surface area contributed by atoms with Gasteiger partial charge in [-0.3, -0.25) is 4.79 Å². The van der Waals surface area contributed by atoms with Crippen LogP contribution >= 0.6 is 0 Å². The molecule has 0 aliphatic carbocycles. The van der Waals surface area contributed by atoms with Gasteiger partial charge in [-0.05, 0) is 44.0 Å². The fraction of sp³-hybridized carbons (Fsp3) is 0.316. The average Bonchev–Trinajstić information content (AvgIpc) is 2.53. The first-order valence-electron chi connectivity index (χ1n) is 7.94. The molecule has 25 heavy (non-hydrogen) atoms. The molecule has 0 saturated carbocycles. The Kier molecular flexibility index (Phi) is 6.33. The molecule has 0 aliphatic rings. The summed E-state index contributed by atoms with van der Waals surface area (Å²) in [6.07, 6.45) is -0.184. The van der Waals surface area contributed by atoms with Crippen molar-refractivity contribution in [2.75, 3.05) is 0 Å². The van der Waals surface area contributed by atoms with Crippen molar-refractivity contribution in [2.24, 2.45) is 0 Å². The summed E-state index contributed by atoms with van der Waals surface area (Å²) in [6, 6.07) is 9.30. The zero-order chi connectivity index (χ0) is 18.4. The molecular formula is C19H20F2O4. The Balaban J connectivity index is 2.12. The van der Waals surface area contributed by atoms with Crippen molar-refractivity contribution in [3.05, 3.63) is 59.2 Å². The molecule has 0 bridgehead atoms. The van der Waals surface area contributed by atoms with Crippen LogP contribution in [0.4, 0.5) is 8.78 Å². The summed E-state index contributed by atoms with van der Waals surface area (Å²) >= 11 is 0. The van der Waals surface area contributed by atoms with Crippen LogP contribution in [0.25, 0.3) is 0 Å². The van der Waals surface area contributed by atoms with Crippen molar-refractivity contribution in [2.45, 2.75) is 39.4 Å². The van der Waals surface area contributed by atoms with Gasteiger partial charge in [-0.1, -0.05) is 18.2 Å². The summed E-state index contributed by atoms with van der Waals surface area (Å²) in [4.78, 5) is 10.6. The highest BCUT2D eigenvalue weighted by Crippen LogP contribution is 2.27. The zero-order valence-corrected chi connectivity index (χ0v) is 14.1. The number of para-hydroxylation sites is 1. The molecule has 0 radical (unpaired) electrons. The van der Waals surface area contributed by atoms with E-state index >= 15 is 0 Å². The van der Waals surface area contributed by atoms with Crippen LogP contribution in [0.5, 0.6) is 11.5 Å². The lowest BCUT2D eigenvalue weighted by atomic mass is 10.1. The van der Waals surface area contributed by atoms with Crippen LogP contribution in [-0.2, 0) is 17.8 Å². The molecule has 0 fully saturated rings. The zero-order valence-electron chi connectivity index (χ0n) is 14.1. The van der Waals surface area contributed by atoms with E-state index in [9.17, 15) is 13.6 Å². The highest BCUT2D eigenvalue weighted by Gasteiger charge is 2.15. The Labute approximate surface area is 145 Å². The average molecular weight is 350 g/mol. The lowest BCUT2D eigenvalue weighted by Crippen LogP contribution is -2.09. The van der Waals surface area contributed by atoms with E-state index in [2.05, 4.69) is 0 Å². The molecule has 2 rings (SSSR count). The third-order valence-electron chi connectivity index (χ3n) is 3.39. The van der Waals surface area contributed by atoms with E-state index in [-0.39, 0.29) is 31.1 Å². The molecule has 0 heterocycles. The topological polar surface area (TPSA) is 55.8 Å². The number of carboxylic acid groups (broad SMARTS) is 1. The number of aliphatic carboxylic acids is 1. The van der Waals surface area contributed by atoms with E-state index in [0.29, 0.717) is 11.3 Å². The van der Waals surface area contributed by atoms with Crippen molar-refractivity contribution in [3.8, 4) is 11.5 Å². The molecule has 2 aromatic rings. The van der Waals surface area contributed by atoms with Crippen LogP contribution in [0.2, 0.25) is 0 Å². The predicted octanol–water partition coefficient (Wildman–Crippen LogP) is 4.35. The molecule has 0 atom stereocenters. The summed E-state index contributed by atoms with van der Waals surface area (Å²) in [5.74, 6) is -2.64. The second-order valence-corrected chi connectivity index (χ2v) is 5.85. The van der Waals surface area contributed by atoms with Gasteiger partial charge >= 0.3 is 5.97 Å². The highest BCUT2D eigenvalue weighted by molar-refractivity contribution is 5.67. The maximum absolute atomic E-state index is 14.1. The monoisotopic (exact) mass is 350 g/mol. The molecule has 4 nitrogen and oxygen atoms in total. The maximum atomic E-state index is 14.1. The molecule has 0 amide bonds. The lowest BCUT2D eigenvalue weighted by Gasteiger charge is -2.15. The van der Waals surface area contributed by atoms with Gasteiger partial charge < -0.3 is 14.6 Å². The molecule has 1 N–H and O–H groups in total. The van der Waals surface area contributed by atoms with Gasteiger partial charge in [0.1, 0.15) is 12.4 Å². The van der Waals surface area contributed by atoms with Gasteiger partial charge in [-0.2, -0.15) is 0 Å². The molecule has 0 aromatic heterocycles.